The third-order valence-corrected chi connectivity index (χ3v) is 2.98. The molecule has 0 atom stereocenters. The van der Waals surface area contributed by atoms with Gasteiger partial charge in [0.25, 0.3) is 0 Å². The van der Waals surface area contributed by atoms with E-state index in [-0.39, 0.29) is 0 Å². The molecular weight excluding hydrogens is 294 g/mol. The molecule has 0 saturated heterocycles. The highest BCUT2D eigenvalue weighted by molar-refractivity contribution is 9.10. The molecule has 0 bridgehead atoms. The van der Waals surface area contributed by atoms with Crippen LogP contribution in [0.3, 0.4) is 0 Å². The van der Waals surface area contributed by atoms with Gasteiger partial charge in [-0.2, -0.15) is 4.98 Å². The van der Waals surface area contributed by atoms with E-state index in [2.05, 4.69) is 55.5 Å². The first kappa shape index (κ1) is 15.2. The maximum absolute atomic E-state index is 4.40. The zero-order chi connectivity index (χ0) is 13.4. The molecule has 0 radical (unpaired) electrons. The van der Waals surface area contributed by atoms with Crippen LogP contribution in [0, 0.1) is 0 Å². The molecule has 1 aromatic rings. The number of hydrogen-bond donors (Lipinski definition) is 2. The molecule has 0 aliphatic heterocycles. The van der Waals surface area contributed by atoms with Gasteiger partial charge in [0, 0.05) is 19.3 Å². The van der Waals surface area contributed by atoms with Crippen molar-refractivity contribution in [1.29, 1.82) is 0 Å². The van der Waals surface area contributed by atoms with Crippen molar-refractivity contribution in [2.24, 2.45) is 0 Å². The van der Waals surface area contributed by atoms with Crippen LogP contribution < -0.4 is 10.6 Å². The van der Waals surface area contributed by atoms with Crippen LogP contribution in [-0.4, -0.2) is 48.6 Å². The van der Waals surface area contributed by atoms with Gasteiger partial charge in [0.05, 0.1) is 4.47 Å². The van der Waals surface area contributed by atoms with E-state index >= 15 is 0 Å². The Morgan fingerprint density at radius 1 is 1.28 bits per heavy atom. The van der Waals surface area contributed by atoms with Crippen molar-refractivity contribution in [3.05, 3.63) is 10.7 Å². The van der Waals surface area contributed by atoms with Gasteiger partial charge in [0.2, 0.25) is 5.95 Å². The van der Waals surface area contributed by atoms with Crippen LogP contribution >= 0.6 is 15.9 Å². The van der Waals surface area contributed by atoms with Crippen LogP contribution in [0.5, 0.6) is 0 Å². The molecule has 1 aromatic heterocycles. The highest BCUT2D eigenvalue weighted by atomic mass is 79.9. The summed E-state index contributed by atoms with van der Waals surface area (Å²) >= 11 is 3.45. The zero-order valence-electron chi connectivity index (χ0n) is 11.3. The normalized spacial score (nSPS) is 10.7. The first-order chi connectivity index (χ1) is 8.63. The number of hydrogen-bond acceptors (Lipinski definition) is 5. The largest absolute Gasteiger partial charge is 0.369 e. The fraction of sp³-hybridized carbons (Fsp3) is 0.667. The number of rotatable bonds is 8. The SMILES string of the molecule is CCNc1ncc(Br)c(NCCCCN(C)C)n1. The Hall–Kier alpha value is -0.880. The van der Waals surface area contributed by atoms with Gasteiger partial charge in [-0.05, 0) is 56.3 Å². The molecule has 0 aliphatic rings. The molecule has 0 fully saturated rings. The monoisotopic (exact) mass is 315 g/mol. The second kappa shape index (κ2) is 8.26. The average Bonchev–Trinajstić information content (AvgIpc) is 2.32. The maximum atomic E-state index is 4.40. The minimum absolute atomic E-state index is 0.663. The Balaban J connectivity index is 2.38. The Morgan fingerprint density at radius 2 is 2.06 bits per heavy atom. The van der Waals surface area contributed by atoms with Crippen LogP contribution in [-0.2, 0) is 0 Å². The molecule has 0 amide bonds. The first-order valence-electron chi connectivity index (χ1n) is 6.28. The number of halogens is 1. The molecular formula is C12H22BrN5. The maximum Gasteiger partial charge on any atom is 0.224 e. The molecule has 0 spiro atoms. The van der Waals surface area contributed by atoms with E-state index in [0.29, 0.717) is 5.95 Å². The lowest BCUT2D eigenvalue weighted by molar-refractivity contribution is 0.396. The number of nitrogens with zero attached hydrogens (tertiary/aromatic N) is 3. The van der Waals surface area contributed by atoms with Crippen LogP contribution in [0.25, 0.3) is 0 Å². The molecule has 2 N–H and O–H groups in total. The number of anilines is 2. The second-order valence-electron chi connectivity index (χ2n) is 4.36. The summed E-state index contributed by atoms with van der Waals surface area (Å²) in [6.07, 6.45) is 4.08. The van der Waals surface area contributed by atoms with Crippen molar-refractivity contribution in [1.82, 2.24) is 14.9 Å². The second-order valence-corrected chi connectivity index (χ2v) is 5.21. The van der Waals surface area contributed by atoms with Crippen LogP contribution in [0.15, 0.2) is 10.7 Å². The Kier molecular flexibility index (Phi) is 6.97. The van der Waals surface area contributed by atoms with Gasteiger partial charge < -0.3 is 15.5 Å². The average molecular weight is 316 g/mol. The van der Waals surface area contributed by atoms with Crippen molar-refractivity contribution >= 4 is 27.7 Å². The van der Waals surface area contributed by atoms with Gasteiger partial charge in [-0.3, -0.25) is 0 Å². The van der Waals surface area contributed by atoms with Gasteiger partial charge in [-0.25, -0.2) is 4.98 Å². The fourth-order valence-corrected chi connectivity index (χ4v) is 1.83. The predicted molar refractivity (Wildman–Crippen MR) is 80.2 cm³/mol. The molecule has 5 nitrogen and oxygen atoms in total. The van der Waals surface area contributed by atoms with Crippen molar-refractivity contribution < 1.29 is 0 Å². The summed E-state index contributed by atoms with van der Waals surface area (Å²) in [5.41, 5.74) is 0. The summed E-state index contributed by atoms with van der Waals surface area (Å²) < 4.78 is 0.900. The Bertz CT molecular complexity index is 356. The standard InChI is InChI=1S/C12H22BrN5/c1-4-14-12-16-9-10(13)11(17-12)15-7-5-6-8-18(2)3/h9H,4-8H2,1-3H3,(H2,14,15,16,17). The lowest BCUT2D eigenvalue weighted by atomic mass is 10.3. The highest BCUT2D eigenvalue weighted by Crippen LogP contribution is 2.19. The molecule has 102 valence electrons. The predicted octanol–water partition coefficient (Wildman–Crippen LogP) is 2.42. The van der Waals surface area contributed by atoms with E-state index in [1.165, 1.54) is 6.42 Å². The van der Waals surface area contributed by atoms with E-state index in [4.69, 9.17) is 0 Å². The molecule has 0 aliphatic carbocycles. The number of unbranched alkanes of at least 4 members (excludes halogenated alkanes) is 1. The van der Waals surface area contributed by atoms with Crippen LogP contribution in [0.4, 0.5) is 11.8 Å². The molecule has 1 heterocycles. The lowest BCUT2D eigenvalue weighted by Gasteiger charge is -2.11. The fourth-order valence-electron chi connectivity index (χ4n) is 1.49. The molecule has 6 heteroatoms. The third kappa shape index (κ3) is 5.64. The lowest BCUT2D eigenvalue weighted by Crippen LogP contribution is -2.14. The minimum Gasteiger partial charge on any atom is -0.369 e. The van der Waals surface area contributed by atoms with E-state index < -0.39 is 0 Å². The number of nitrogens with one attached hydrogen (secondary N) is 2. The van der Waals surface area contributed by atoms with E-state index in [1.54, 1.807) is 6.20 Å². The molecule has 0 unspecified atom stereocenters. The van der Waals surface area contributed by atoms with Crippen molar-refractivity contribution in [3.63, 3.8) is 0 Å². The first-order valence-corrected chi connectivity index (χ1v) is 7.07. The summed E-state index contributed by atoms with van der Waals surface area (Å²) in [5.74, 6) is 1.52. The van der Waals surface area contributed by atoms with Gasteiger partial charge in [0.1, 0.15) is 5.82 Å². The van der Waals surface area contributed by atoms with Gasteiger partial charge >= 0.3 is 0 Å². The van der Waals surface area contributed by atoms with Crippen molar-refractivity contribution in [2.75, 3.05) is 44.4 Å². The van der Waals surface area contributed by atoms with E-state index in [1.807, 2.05) is 6.92 Å². The van der Waals surface area contributed by atoms with E-state index in [0.717, 1.165) is 36.3 Å². The topological polar surface area (TPSA) is 53.1 Å². The summed E-state index contributed by atoms with van der Waals surface area (Å²) in [6, 6.07) is 0. The molecule has 18 heavy (non-hydrogen) atoms. The third-order valence-electron chi connectivity index (χ3n) is 2.40. The Morgan fingerprint density at radius 3 is 2.72 bits per heavy atom. The van der Waals surface area contributed by atoms with Crippen LogP contribution in [0.1, 0.15) is 19.8 Å². The van der Waals surface area contributed by atoms with Crippen molar-refractivity contribution in [3.8, 4) is 0 Å². The number of aromatic nitrogens is 2. The smallest absolute Gasteiger partial charge is 0.224 e. The summed E-state index contributed by atoms with van der Waals surface area (Å²) in [6.45, 7) is 4.90. The molecule has 1 rings (SSSR count). The summed E-state index contributed by atoms with van der Waals surface area (Å²) in [5, 5.41) is 6.43. The Labute approximate surface area is 118 Å². The van der Waals surface area contributed by atoms with E-state index in [9.17, 15) is 0 Å². The zero-order valence-corrected chi connectivity index (χ0v) is 12.9. The van der Waals surface area contributed by atoms with Gasteiger partial charge in [0.15, 0.2) is 0 Å². The molecule has 0 aromatic carbocycles. The quantitative estimate of drug-likeness (QED) is 0.722. The summed E-state index contributed by atoms with van der Waals surface area (Å²) in [7, 11) is 4.19. The molecule has 0 saturated carbocycles. The van der Waals surface area contributed by atoms with Gasteiger partial charge in [-0.15, -0.1) is 0 Å². The van der Waals surface area contributed by atoms with Crippen molar-refractivity contribution in [2.45, 2.75) is 19.8 Å². The highest BCUT2D eigenvalue weighted by Gasteiger charge is 2.03. The van der Waals surface area contributed by atoms with Gasteiger partial charge in [-0.1, -0.05) is 0 Å². The summed E-state index contributed by atoms with van der Waals surface area (Å²) in [4.78, 5) is 10.8. The minimum atomic E-state index is 0.663. The van der Waals surface area contributed by atoms with Crippen LogP contribution in [0.2, 0.25) is 0 Å².